The van der Waals surface area contributed by atoms with E-state index in [2.05, 4.69) is 17.2 Å². The Morgan fingerprint density at radius 2 is 2.04 bits per heavy atom. The average Bonchev–Trinajstić information content (AvgIpc) is 2.81. The van der Waals surface area contributed by atoms with Crippen molar-refractivity contribution in [3.63, 3.8) is 0 Å². The first-order valence-corrected chi connectivity index (χ1v) is 7.02. The molecule has 3 amide bonds. The normalized spacial score (nSPS) is 20.0. The fourth-order valence-electron chi connectivity index (χ4n) is 2.87. The molecule has 1 atom stereocenters. The van der Waals surface area contributed by atoms with E-state index in [9.17, 15) is 23.2 Å². The highest BCUT2D eigenvalue weighted by Gasteiger charge is 2.41. The molecule has 7 heteroatoms. The van der Waals surface area contributed by atoms with Crippen LogP contribution in [-0.4, -0.2) is 28.7 Å². The molecule has 0 aliphatic carbocycles. The average molecular weight is 318 g/mol. The van der Waals surface area contributed by atoms with Gasteiger partial charge in [-0.3, -0.25) is 19.7 Å². The molecule has 1 unspecified atom stereocenters. The summed E-state index contributed by atoms with van der Waals surface area (Å²) in [5.41, 5.74) is -0.464. The fourth-order valence-corrected chi connectivity index (χ4v) is 2.87. The van der Waals surface area contributed by atoms with Gasteiger partial charge in [0, 0.05) is 12.0 Å². The predicted molar refractivity (Wildman–Crippen MR) is 75.0 cm³/mol. The number of benzene rings is 1. The molecule has 0 saturated carbocycles. The van der Waals surface area contributed by atoms with Crippen molar-refractivity contribution in [1.29, 1.82) is 0 Å². The number of carbonyl (C=O) groups excluding carboxylic acids is 3. The molecule has 1 N–H and O–H groups in total. The fraction of sp³-hybridized carbons (Fsp3) is 0.312. The van der Waals surface area contributed by atoms with Crippen LogP contribution in [0.15, 0.2) is 6.07 Å². The van der Waals surface area contributed by atoms with Crippen molar-refractivity contribution in [3.05, 3.63) is 34.4 Å². The van der Waals surface area contributed by atoms with Gasteiger partial charge in [0.05, 0.1) is 17.7 Å². The van der Waals surface area contributed by atoms with Gasteiger partial charge in [-0.2, -0.15) is 0 Å². The van der Waals surface area contributed by atoms with Crippen LogP contribution in [0.5, 0.6) is 0 Å². The highest BCUT2D eigenvalue weighted by molar-refractivity contribution is 6.05. The first-order chi connectivity index (χ1) is 10.9. The zero-order valence-corrected chi connectivity index (χ0v) is 12.2. The molecule has 1 aromatic carbocycles. The van der Waals surface area contributed by atoms with Gasteiger partial charge in [-0.15, -0.1) is 5.92 Å². The van der Waals surface area contributed by atoms with E-state index in [-0.39, 0.29) is 36.1 Å². The van der Waals surface area contributed by atoms with Crippen molar-refractivity contribution < 1.29 is 23.2 Å². The number of fused-ring (bicyclic) bond motifs is 1. The first kappa shape index (κ1) is 15.2. The summed E-state index contributed by atoms with van der Waals surface area (Å²) in [6, 6.07) is 0.0857. The Morgan fingerprint density at radius 3 is 2.70 bits per heavy atom. The van der Waals surface area contributed by atoms with Gasteiger partial charge in [0.2, 0.25) is 11.8 Å². The molecule has 2 heterocycles. The number of halogens is 2. The molecule has 23 heavy (non-hydrogen) atoms. The standard InChI is InChI=1S/C16H12F2N2O3/c1-2-3-8-11(17)6-9-10(14(8)18)7-20(16(9)23)12-4-5-13(21)19-15(12)22/h6,12H,4-5,7H2,1H3,(H,19,21,22). The Hall–Kier alpha value is -2.75. The van der Waals surface area contributed by atoms with Crippen molar-refractivity contribution in [2.24, 2.45) is 0 Å². The predicted octanol–water partition coefficient (Wildman–Crippen LogP) is 1.10. The van der Waals surface area contributed by atoms with Crippen molar-refractivity contribution in [2.75, 3.05) is 0 Å². The maximum absolute atomic E-state index is 14.4. The van der Waals surface area contributed by atoms with Gasteiger partial charge in [0.1, 0.15) is 17.7 Å². The van der Waals surface area contributed by atoms with E-state index in [1.54, 1.807) is 0 Å². The number of carbonyl (C=O) groups is 3. The third-order valence-corrected chi connectivity index (χ3v) is 3.98. The molecule has 118 valence electrons. The minimum absolute atomic E-state index is 0.0267. The number of rotatable bonds is 1. The molecule has 2 aliphatic rings. The molecule has 1 fully saturated rings. The molecular formula is C16H12F2N2O3. The first-order valence-electron chi connectivity index (χ1n) is 7.02. The van der Waals surface area contributed by atoms with Gasteiger partial charge in [-0.25, -0.2) is 8.78 Å². The van der Waals surface area contributed by atoms with Crippen LogP contribution >= 0.6 is 0 Å². The van der Waals surface area contributed by atoms with Crippen LogP contribution in [-0.2, 0) is 16.1 Å². The lowest BCUT2D eigenvalue weighted by Gasteiger charge is -2.29. The maximum Gasteiger partial charge on any atom is 0.255 e. The molecule has 3 rings (SSSR count). The Bertz CT molecular complexity index is 808. The molecule has 5 nitrogen and oxygen atoms in total. The summed E-state index contributed by atoms with van der Waals surface area (Å²) < 4.78 is 28.3. The second-order valence-electron chi connectivity index (χ2n) is 5.35. The summed E-state index contributed by atoms with van der Waals surface area (Å²) in [4.78, 5) is 36.6. The largest absolute Gasteiger partial charge is 0.322 e. The van der Waals surface area contributed by atoms with E-state index in [0.29, 0.717) is 0 Å². The zero-order chi connectivity index (χ0) is 16.7. The second-order valence-corrected chi connectivity index (χ2v) is 5.35. The number of amides is 3. The monoisotopic (exact) mass is 318 g/mol. The highest BCUT2D eigenvalue weighted by Crippen LogP contribution is 2.31. The maximum atomic E-state index is 14.4. The van der Waals surface area contributed by atoms with Crippen LogP contribution in [0.25, 0.3) is 0 Å². The summed E-state index contributed by atoms with van der Waals surface area (Å²) >= 11 is 0. The smallest absolute Gasteiger partial charge is 0.255 e. The molecule has 2 aliphatic heterocycles. The van der Waals surface area contributed by atoms with Gasteiger partial charge in [0.15, 0.2) is 0 Å². The Balaban J connectivity index is 1.99. The van der Waals surface area contributed by atoms with E-state index in [1.165, 1.54) is 6.92 Å². The van der Waals surface area contributed by atoms with Crippen LogP contribution in [0.3, 0.4) is 0 Å². The second kappa shape index (κ2) is 5.47. The number of piperidine rings is 1. The molecule has 1 aromatic rings. The Kier molecular flexibility index (Phi) is 3.60. The van der Waals surface area contributed by atoms with Gasteiger partial charge in [-0.05, 0) is 19.4 Å². The molecule has 0 spiro atoms. The molecular weight excluding hydrogens is 306 g/mol. The van der Waals surface area contributed by atoms with E-state index < -0.39 is 35.4 Å². The van der Waals surface area contributed by atoms with Crippen LogP contribution in [0.2, 0.25) is 0 Å². The summed E-state index contributed by atoms with van der Waals surface area (Å²) in [6.45, 7) is 1.30. The summed E-state index contributed by atoms with van der Waals surface area (Å²) in [5, 5.41) is 2.15. The topological polar surface area (TPSA) is 66.5 Å². The lowest BCUT2D eigenvalue weighted by atomic mass is 10.0. The van der Waals surface area contributed by atoms with Crippen molar-refractivity contribution in [1.82, 2.24) is 10.2 Å². The van der Waals surface area contributed by atoms with Crippen molar-refractivity contribution in [2.45, 2.75) is 32.4 Å². The molecule has 0 aromatic heterocycles. The van der Waals surface area contributed by atoms with E-state index in [4.69, 9.17) is 0 Å². The summed E-state index contributed by atoms with van der Waals surface area (Å²) in [6.07, 6.45) is 0.260. The van der Waals surface area contributed by atoms with Crippen LogP contribution in [0.1, 0.15) is 41.3 Å². The lowest BCUT2D eigenvalue weighted by Crippen LogP contribution is -2.52. The van der Waals surface area contributed by atoms with E-state index in [1.807, 2.05) is 0 Å². The van der Waals surface area contributed by atoms with Crippen molar-refractivity contribution >= 4 is 17.7 Å². The van der Waals surface area contributed by atoms with E-state index >= 15 is 0 Å². The number of imide groups is 1. The highest BCUT2D eigenvalue weighted by atomic mass is 19.1. The quantitative estimate of drug-likeness (QED) is 0.623. The number of nitrogens with one attached hydrogen (secondary N) is 1. The van der Waals surface area contributed by atoms with Crippen LogP contribution < -0.4 is 5.32 Å². The van der Waals surface area contributed by atoms with Gasteiger partial charge >= 0.3 is 0 Å². The molecule has 0 radical (unpaired) electrons. The third kappa shape index (κ3) is 2.36. The number of hydrogen-bond acceptors (Lipinski definition) is 3. The zero-order valence-electron chi connectivity index (χ0n) is 12.2. The summed E-state index contributed by atoms with van der Waals surface area (Å²) in [5.74, 6) is 1.35. The van der Waals surface area contributed by atoms with Gasteiger partial charge < -0.3 is 4.90 Å². The van der Waals surface area contributed by atoms with Crippen LogP contribution in [0.4, 0.5) is 8.78 Å². The minimum Gasteiger partial charge on any atom is -0.322 e. The summed E-state index contributed by atoms with van der Waals surface area (Å²) in [7, 11) is 0. The van der Waals surface area contributed by atoms with Crippen molar-refractivity contribution in [3.8, 4) is 11.8 Å². The van der Waals surface area contributed by atoms with Gasteiger partial charge in [-0.1, -0.05) is 5.92 Å². The SMILES string of the molecule is CC#Cc1c(F)cc2c(c1F)CN(C1CCC(=O)NC1=O)C2=O. The Labute approximate surface area is 130 Å². The van der Waals surface area contributed by atoms with Crippen LogP contribution in [0, 0.1) is 23.5 Å². The van der Waals surface area contributed by atoms with Gasteiger partial charge in [0.25, 0.3) is 5.91 Å². The lowest BCUT2D eigenvalue weighted by molar-refractivity contribution is -0.136. The Morgan fingerprint density at radius 1 is 1.30 bits per heavy atom. The minimum atomic E-state index is -0.908. The van der Waals surface area contributed by atoms with E-state index in [0.717, 1.165) is 11.0 Å². The number of nitrogens with zero attached hydrogens (tertiary/aromatic N) is 1. The third-order valence-electron chi connectivity index (χ3n) is 3.98. The molecule has 1 saturated heterocycles. The number of hydrogen-bond donors (Lipinski definition) is 1. The molecule has 0 bridgehead atoms.